The van der Waals surface area contributed by atoms with E-state index >= 15 is 0 Å². The lowest BCUT2D eigenvalue weighted by Crippen LogP contribution is -2.32. The predicted molar refractivity (Wildman–Crippen MR) is 109 cm³/mol. The highest BCUT2D eigenvalue weighted by atomic mass is 16.5. The van der Waals surface area contributed by atoms with Crippen molar-refractivity contribution in [3.8, 4) is 11.5 Å². The summed E-state index contributed by atoms with van der Waals surface area (Å²) >= 11 is 0. The number of esters is 2. The molecule has 7 heteroatoms. The summed E-state index contributed by atoms with van der Waals surface area (Å²) in [6.07, 6.45) is 3.43. The van der Waals surface area contributed by atoms with Gasteiger partial charge in [0.2, 0.25) is 0 Å². The van der Waals surface area contributed by atoms with Crippen LogP contribution in [0.5, 0.6) is 11.5 Å². The maximum Gasteiger partial charge on any atom is 0.336 e. The molecule has 0 atom stereocenters. The lowest BCUT2D eigenvalue weighted by atomic mass is 9.82. The Bertz CT molecular complexity index is 776. The fraction of sp³-hybridized carbons (Fsp3) is 0.455. The van der Waals surface area contributed by atoms with Crippen LogP contribution in [0.4, 0.5) is 0 Å². The molecule has 29 heavy (non-hydrogen) atoms. The molecule has 158 valence electrons. The summed E-state index contributed by atoms with van der Waals surface area (Å²) in [7, 11) is 3.05. The third kappa shape index (κ3) is 4.72. The van der Waals surface area contributed by atoms with E-state index in [4.69, 9.17) is 18.9 Å². The molecule has 0 aliphatic carbocycles. The van der Waals surface area contributed by atoms with Gasteiger partial charge in [-0.3, -0.25) is 0 Å². The van der Waals surface area contributed by atoms with Crippen molar-refractivity contribution in [1.29, 1.82) is 0 Å². The molecule has 0 amide bonds. The maximum atomic E-state index is 12.9. The van der Waals surface area contributed by atoms with Crippen LogP contribution in [-0.4, -0.2) is 50.3 Å². The van der Waals surface area contributed by atoms with Crippen LogP contribution in [0.2, 0.25) is 0 Å². The first kappa shape index (κ1) is 22.3. The lowest BCUT2D eigenvalue weighted by molar-refractivity contribution is -0.139. The molecular weight excluding hydrogens is 374 g/mol. The molecule has 1 heterocycles. The summed E-state index contributed by atoms with van der Waals surface area (Å²) in [5.74, 6) is -0.759. The van der Waals surface area contributed by atoms with Crippen molar-refractivity contribution in [3.63, 3.8) is 0 Å². The maximum absolute atomic E-state index is 12.9. The van der Waals surface area contributed by atoms with Gasteiger partial charge >= 0.3 is 11.9 Å². The quantitative estimate of drug-likeness (QED) is 0.616. The zero-order valence-electron chi connectivity index (χ0n) is 17.9. The van der Waals surface area contributed by atoms with E-state index in [0.717, 1.165) is 0 Å². The first-order chi connectivity index (χ1) is 13.9. The summed E-state index contributed by atoms with van der Waals surface area (Å²) in [6, 6.07) is 5.37. The molecule has 1 aliphatic rings. The van der Waals surface area contributed by atoms with Crippen LogP contribution >= 0.6 is 0 Å². The Kier molecular flexibility index (Phi) is 7.70. The molecule has 0 fully saturated rings. The van der Waals surface area contributed by atoms with Crippen molar-refractivity contribution < 1.29 is 28.5 Å². The Morgan fingerprint density at radius 2 is 1.52 bits per heavy atom. The van der Waals surface area contributed by atoms with E-state index in [2.05, 4.69) is 0 Å². The third-order valence-electron chi connectivity index (χ3n) is 4.56. The van der Waals surface area contributed by atoms with Gasteiger partial charge < -0.3 is 23.8 Å². The molecule has 0 N–H and O–H groups in total. The van der Waals surface area contributed by atoms with E-state index in [-0.39, 0.29) is 19.3 Å². The number of benzene rings is 1. The van der Waals surface area contributed by atoms with E-state index < -0.39 is 17.9 Å². The van der Waals surface area contributed by atoms with Crippen molar-refractivity contribution in [1.82, 2.24) is 4.90 Å². The highest BCUT2D eigenvalue weighted by molar-refractivity contribution is 5.99. The zero-order valence-corrected chi connectivity index (χ0v) is 17.9. The zero-order chi connectivity index (χ0) is 21.6. The first-order valence-corrected chi connectivity index (χ1v) is 9.65. The van der Waals surface area contributed by atoms with Crippen LogP contribution in [0.25, 0.3) is 0 Å². The van der Waals surface area contributed by atoms with Crippen LogP contribution in [0, 0.1) is 0 Å². The standard InChI is InChI=1S/C22H29NO6/c1-7-28-21(24)16-12-23(14(3)4)13-17(22(25)29-8-2)19(16)15-10-9-11-18(26-5)20(15)27-6/h9-14,19H,7-8H2,1-6H3. The fourth-order valence-corrected chi connectivity index (χ4v) is 3.22. The van der Waals surface area contributed by atoms with Gasteiger partial charge in [0.1, 0.15) is 0 Å². The van der Waals surface area contributed by atoms with Gasteiger partial charge in [-0.25, -0.2) is 9.59 Å². The van der Waals surface area contributed by atoms with Gasteiger partial charge in [0.25, 0.3) is 0 Å². The van der Waals surface area contributed by atoms with Gasteiger partial charge in [-0.15, -0.1) is 0 Å². The summed E-state index contributed by atoms with van der Waals surface area (Å²) in [6.45, 7) is 7.85. The van der Waals surface area contributed by atoms with E-state index in [9.17, 15) is 9.59 Å². The number of ether oxygens (including phenoxy) is 4. The first-order valence-electron chi connectivity index (χ1n) is 9.65. The second-order valence-corrected chi connectivity index (χ2v) is 6.67. The molecule has 1 aromatic rings. The molecule has 0 radical (unpaired) electrons. The number of para-hydroxylation sites is 1. The van der Waals surface area contributed by atoms with Gasteiger partial charge in [0.15, 0.2) is 11.5 Å². The molecule has 1 aliphatic heterocycles. The molecule has 2 rings (SSSR count). The summed E-state index contributed by atoms with van der Waals surface area (Å²) in [4.78, 5) is 27.5. The second kappa shape index (κ2) is 10.0. The highest BCUT2D eigenvalue weighted by Gasteiger charge is 2.38. The average Bonchev–Trinajstić information content (AvgIpc) is 2.72. The number of carbonyl (C=O) groups excluding carboxylic acids is 2. The van der Waals surface area contributed by atoms with E-state index in [1.807, 2.05) is 18.7 Å². The Balaban J connectivity index is 2.73. The van der Waals surface area contributed by atoms with E-state index in [1.54, 1.807) is 44.4 Å². The predicted octanol–water partition coefficient (Wildman–Crippen LogP) is 3.41. The smallest absolute Gasteiger partial charge is 0.336 e. The van der Waals surface area contributed by atoms with Crippen molar-refractivity contribution in [2.75, 3.05) is 27.4 Å². The van der Waals surface area contributed by atoms with Crippen LogP contribution < -0.4 is 9.47 Å². The van der Waals surface area contributed by atoms with E-state index in [0.29, 0.717) is 28.2 Å². The van der Waals surface area contributed by atoms with E-state index in [1.165, 1.54) is 14.2 Å². The summed E-state index contributed by atoms with van der Waals surface area (Å²) < 4.78 is 21.6. The molecule has 7 nitrogen and oxygen atoms in total. The molecule has 0 aromatic heterocycles. The number of hydrogen-bond acceptors (Lipinski definition) is 7. The Hall–Kier alpha value is -2.96. The minimum Gasteiger partial charge on any atom is -0.493 e. The van der Waals surface area contributed by atoms with Crippen molar-refractivity contribution in [3.05, 3.63) is 47.3 Å². The van der Waals surface area contributed by atoms with Gasteiger partial charge in [-0.05, 0) is 33.8 Å². The van der Waals surface area contributed by atoms with Gasteiger partial charge in [0.05, 0.1) is 44.5 Å². The fourth-order valence-electron chi connectivity index (χ4n) is 3.22. The molecule has 0 bridgehead atoms. The Labute approximate surface area is 171 Å². The molecule has 1 aromatic carbocycles. The number of nitrogens with zero attached hydrogens (tertiary/aromatic N) is 1. The van der Waals surface area contributed by atoms with Crippen molar-refractivity contribution >= 4 is 11.9 Å². The van der Waals surface area contributed by atoms with Crippen LogP contribution in [0.15, 0.2) is 41.7 Å². The topological polar surface area (TPSA) is 74.3 Å². The number of hydrogen-bond donors (Lipinski definition) is 0. The highest BCUT2D eigenvalue weighted by Crippen LogP contribution is 2.44. The molecule has 0 unspecified atom stereocenters. The summed E-state index contributed by atoms with van der Waals surface area (Å²) in [5.41, 5.74) is 1.28. The number of methoxy groups -OCH3 is 2. The minimum absolute atomic E-state index is 0.0250. The van der Waals surface area contributed by atoms with Gasteiger partial charge in [0, 0.05) is 24.0 Å². The van der Waals surface area contributed by atoms with Crippen LogP contribution in [0.3, 0.4) is 0 Å². The van der Waals surface area contributed by atoms with Gasteiger partial charge in [-0.1, -0.05) is 12.1 Å². The monoisotopic (exact) mass is 403 g/mol. The Morgan fingerprint density at radius 3 is 1.93 bits per heavy atom. The third-order valence-corrected chi connectivity index (χ3v) is 4.56. The lowest BCUT2D eigenvalue weighted by Gasteiger charge is -2.33. The van der Waals surface area contributed by atoms with Crippen molar-refractivity contribution in [2.24, 2.45) is 0 Å². The van der Waals surface area contributed by atoms with Crippen molar-refractivity contribution in [2.45, 2.75) is 39.7 Å². The number of rotatable bonds is 8. The van der Waals surface area contributed by atoms with Crippen LogP contribution in [0.1, 0.15) is 39.2 Å². The average molecular weight is 403 g/mol. The molecule has 0 spiro atoms. The minimum atomic E-state index is -0.715. The second-order valence-electron chi connectivity index (χ2n) is 6.67. The summed E-state index contributed by atoms with van der Waals surface area (Å²) in [5, 5.41) is 0. The number of carbonyl (C=O) groups is 2. The van der Waals surface area contributed by atoms with Gasteiger partial charge in [-0.2, -0.15) is 0 Å². The molecule has 0 saturated heterocycles. The SMILES string of the molecule is CCOC(=O)C1=CN(C(C)C)C=C(C(=O)OCC)C1c1cccc(OC)c1OC. The largest absolute Gasteiger partial charge is 0.493 e. The molecule has 0 saturated carbocycles. The molecular formula is C22H29NO6. The Morgan fingerprint density at radius 1 is 0.966 bits per heavy atom. The van der Waals surface area contributed by atoms with Crippen LogP contribution in [-0.2, 0) is 19.1 Å². The normalized spacial score (nSPS) is 14.2.